The van der Waals surface area contributed by atoms with Crippen LogP contribution < -0.4 is 0 Å². The van der Waals surface area contributed by atoms with Crippen molar-refractivity contribution in [3.63, 3.8) is 0 Å². The van der Waals surface area contributed by atoms with Crippen molar-refractivity contribution in [2.24, 2.45) is 11.8 Å². The van der Waals surface area contributed by atoms with Crippen LogP contribution in [-0.4, -0.2) is 11.5 Å². The molecule has 0 nitrogen and oxygen atoms in total. The van der Waals surface area contributed by atoms with Crippen molar-refractivity contribution in [1.82, 2.24) is 0 Å². The van der Waals surface area contributed by atoms with E-state index in [1.54, 1.807) is 0 Å². The summed E-state index contributed by atoms with van der Waals surface area (Å²) < 4.78 is 0. The van der Waals surface area contributed by atoms with Crippen molar-refractivity contribution in [3.05, 3.63) is 0 Å². The first-order chi connectivity index (χ1) is 4.95. The molecule has 2 fully saturated rings. The average molecular weight is 174 g/mol. The van der Waals surface area contributed by atoms with Crippen molar-refractivity contribution in [3.8, 4) is 0 Å². The van der Waals surface area contributed by atoms with E-state index >= 15 is 0 Å². The van der Waals surface area contributed by atoms with Gasteiger partial charge in [-0.05, 0) is 37.5 Å². The molecular weight excluding hydrogens is 160 g/mol. The van der Waals surface area contributed by atoms with Crippen LogP contribution in [0.4, 0.5) is 0 Å². The Morgan fingerprint density at radius 3 is 1.50 bits per heavy atom. The number of hydrogen-bond acceptors (Lipinski definition) is 2. The van der Waals surface area contributed by atoms with Crippen molar-refractivity contribution in [2.75, 3.05) is 11.5 Å². The minimum absolute atomic E-state index is 1.11. The molecule has 2 aliphatic rings. The third-order valence-corrected chi connectivity index (χ3v) is 4.78. The summed E-state index contributed by atoms with van der Waals surface area (Å²) in [6, 6.07) is 0. The second-order valence-electron chi connectivity index (χ2n) is 3.46. The van der Waals surface area contributed by atoms with E-state index in [1.807, 2.05) is 0 Å². The second-order valence-corrected chi connectivity index (χ2v) is 6.01. The first-order valence-electron chi connectivity index (χ1n) is 4.19. The fourth-order valence-corrected chi connectivity index (χ4v) is 3.83. The molecular formula is C8H14S2. The van der Waals surface area contributed by atoms with Crippen LogP contribution in [0.3, 0.4) is 0 Å². The summed E-state index contributed by atoms with van der Waals surface area (Å²) in [6.07, 6.45) is 6.04. The van der Waals surface area contributed by atoms with Gasteiger partial charge < -0.3 is 0 Å². The number of hydrogen-bond donors (Lipinski definition) is 0. The van der Waals surface area contributed by atoms with Crippen molar-refractivity contribution < 1.29 is 0 Å². The zero-order valence-corrected chi connectivity index (χ0v) is 7.85. The Bertz CT molecular complexity index is 91.8. The summed E-state index contributed by atoms with van der Waals surface area (Å²) in [7, 11) is 4.22. The summed E-state index contributed by atoms with van der Waals surface area (Å²) in [5.74, 6) is 5.07. The summed E-state index contributed by atoms with van der Waals surface area (Å²) in [4.78, 5) is 0. The smallest absolute Gasteiger partial charge is 0.00653 e. The molecule has 0 aromatic heterocycles. The van der Waals surface area contributed by atoms with Gasteiger partial charge in [-0.25, -0.2) is 0 Å². The Morgan fingerprint density at radius 2 is 1.20 bits per heavy atom. The molecule has 0 aromatic carbocycles. The standard InChI is InChI=1S/C8H14S2/c1-2-7(1)5-9-10-6-8-3-4-8/h7-8H,1-6H2. The van der Waals surface area contributed by atoms with Gasteiger partial charge in [-0.1, -0.05) is 21.6 Å². The van der Waals surface area contributed by atoms with Crippen LogP contribution in [0.5, 0.6) is 0 Å². The fourth-order valence-electron chi connectivity index (χ4n) is 0.858. The van der Waals surface area contributed by atoms with Gasteiger partial charge in [0.2, 0.25) is 0 Å². The van der Waals surface area contributed by atoms with E-state index in [0.29, 0.717) is 0 Å². The molecule has 2 rings (SSSR count). The Morgan fingerprint density at radius 1 is 0.800 bits per heavy atom. The van der Waals surface area contributed by atoms with Crippen LogP contribution in [0.25, 0.3) is 0 Å². The Balaban J connectivity index is 1.40. The maximum atomic E-state index is 2.11. The first-order valence-corrected chi connectivity index (χ1v) is 6.68. The summed E-state index contributed by atoms with van der Waals surface area (Å²) in [5.41, 5.74) is 0. The first kappa shape index (κ1) is 7.35. The van der Waals surface area contributed by atoms with Crippen molar-refractivity contribution >= 4 is 21.6 Å². The van der Waals surface area contributed by atoms with Gasteiger partial charge in [-0.2, -0.15) is 0 Å². The number of rotatable bonds is 5. The summed E-state index contributed by atoms with van der Waals surface area (Å²) in [5, 5.41) is 0. The molecule has 0 unspecified atom stereocenters. The Labute approximate surface area is 70.9 Å². The molecule has 0 amide bonds. The van der Waals surface area contributed by atoms with E-state index in [0.717, 1.165) is 11.8 Å². The van der Waals surface area contributed by atoms with Gasteiger partial charge in [0.1, 0.15) is 0 Å². The van der Waals surface area contributed by atoms with E-state index < -0.39 is 0 Å². The highest BCUT2D eigenvalue weighted by atomic mass is 33.1. The fraction of sp³-hybridized carbons (Fsp3) is 1.00. The van der Waals surface area contributed by atoms with Gasteiger partial charge in [0.05, 0.1) is 0 Å². The van der Waals surface area contributed by atoms with Crippen molar-refractivity contribution in [2.45, 2.75) is 25.7 Å². The van der Waals surface area contributed by atoms with Gasteiger partial charge in [-0.15, -0.1) is 0 Å². The highest BCUT2D eigenvalue weighted by molar-refractivity contribution is 8.76. The van der Waals surface area contributed by atoms with Crippen LogP contribution in [0, 0.1) is 11.8 Å². The molecule has 10 heavy (non-hydrogen) atoms. The molecule has 0 radical (unpaired) electrons. The van der Waals surface area contributed by atoms with Crippen LogP contribution in [-0.2, 0) is 0 Å². The highest BCUT2D eigenvalue weighted by Crippen LogP contribution is 2.40. The minimum Gasteiger partial charge on any atom is -0.0939 e. The normalized spacial score (nSPS) is 25.2. The third-order valence-electron chi connectivity index (χ3n) is 2.08. The quantitative estimate of drug-likeness (QED) is 0.464. The Kier molecular flexibility index (Phi) is 2.50. The van der Waals surface area contributed by atoms with E-state index in [9.17, 15) is 0 Å². The summed E-state index contributed by atoms with van der Waals surface area (Å²) >= 11 is 0. The lowest BCUT2D eigenvalue weighted by molar-refractivity contribution is 1.000. The highest BCUT2D eigenvalue weighted by Gasteiger charge is 2.23. The van der Waals surface area contributed by atoms with E-state index in [4.69, 9.17) is 0 Å². The predicted octanol–water partition coefficient (Wildman–Crippen LogP) is 3.19. The van der Waals surface area contributed by atoms with Crippen molar-refractivity contribution in [1.29, 1.82) is 0 Å². The Hall–Kier alpha value is 0.700. The largest absolute Gasteiger partial charge is 0.0939 e. The molecule has 0 atom stereocenters. The predicted molar refractivity (Wildman–Crippen MR) is 50.4 cm³/mol. The van der Waals surface area contributed by atoms with Crippen LogP contribution >= 0.6 is 21.6 Å². The molecule has 0 spiro atoms. The minimum atomic E-state index is 1.11. The average Bonchev–Trinajstić information content (AvgIpc) is 2.77. The zero-order chi connectivity index (χ0) is 6.81. The SMILES string of the molecule is C1CC1CSSCC1CC1. The van der Waals surface area contributed by atoms with E-state index in [1.165, 1.54) is 37.2 Å². The lowest BCUT2D eigenvalue weighted by atomic mass is 10.5. The molecule has 0 aromatic rings. The molecule has 2 aliphatic carbocycles. The van der Waals surface area contributed by atoms with Crippen LogP contribution in [0.2, 0.25) is 0 Å². The molecule has 58 valence electrons. The third kappa shape index (κ3) is 2.75. The molecule has 0 heterocycles. The lowest BCUT2D eigenvalue weighted by Crippen LogP contribution is -1.79. The van der Waals surface area contributed by atoms with Crippen LogP contribution in [0.15, 0.2) is 0 Å². The zero-order valence-electron chi connectivity index (χ0n) is 6.21. The van der Waals surface area contributed by atoms with E-state index in [-0.39, 0.29) is 0 Å². The molecule has 0 bridgehead atoms. The van der Waals surface area contributed by atoms with Crippen LogP contribution in [0.1, 0.15) is 25.7 Å². The lowest BCUT2D eigenvalue weighted by Gasteiger charge is -1.96. The monoisotopic (exact) mass is 174 g/mol. The van der Waals surface area contributed by atoms with Gasteiger partial charge in [-0.3, -0.25) is 0 Å². The molecule has 0 aliphatic heterocycles. The van der Waals surface area contributed by atoms with Gasteiger partial charge in [0.25, 0.3) is 0 Å². The second kappa shape index (κ2) is 3.40. The van der Waals surface area contributed by atoms with Gasteiger partial charge in [0.15, 0.2) is 0 Å². The maximum absolute atomic E-state index is 2.11. The van der Waals surface area contributed by atoms with Gasteiger partial charge >= 0.3 is 0 Å². The topological polar surface area (TPSA) is 0 Å². The molecule has 0 saturated heterocycles. The maximum Gasteiger partial charge on any atom is 0.00653 e. The molecule has 2 saturated carbocycles. The van der Waals surface area contributed by atoms with E-state index in [2.05, 4.69) is 21.6 Å². The van der Waals surface area contributed by atoms with Gasteiger partial charge in [0, 0.05) is 11.5 Å². The molecule has 2 heteroatoms. The molecule has 0 N–H and O–H groups in total. The summed E-state index contributed by atoms with van der Waals surface area (Å²) in [6.45, 7) is 0.